The average Bonchev–Trinajstić information content (AvgIpc) is 3.16. The molecule has 0 aliphatic heterocycles. The summed E-state index contributed by atoms with van der Waals surface area (Å²) in [7, 11) is 0.693. The molecule has 1 aromatic carbocycles. The van der Waals surface area contributed by atoms with Crippen molar-refractivity contribution in [1.82, 2.24) is 9.21 Å². The van der Waals surface area contributed by atoms with Gasteiger partial charge < -0.3 is 9.64 Å². The minimum absolute atomic E-state index is 0.0653. The number of methoxy groups -OCH3 is 1. The van der Waals surface area contributed by atoms with Crippen molar-refractivity contribution in [2.75, 3.05) is 27.7 Å². The van der Waals surface area contributed by atoms with Crippen molar-refractivity contribution < 1.29 is 17.9 Å². The van der Waals surface area contributed by atoms with E-state index < -0.39 is 10.0 Å². The number of hydrogen-bond donors (Lipinski definition) is 0. The Kier molecular flexibility index (Phi) is 7.18. The molecule has 0 atom stereocenters. The quantitative estimate of drug-likeness (QED) is 0.630. The predicted molar refractivity (Wildman–Crippen MR) is 108 cm³/mol. The smallest absolute Gasteiger partial charge is 0.246 e. The van der Waals surface area contributed by atoms with Gasteiger partial charge >= 0.3 is 0 Å². The topological polar surface area (TPSA) is 66.9 Å². The van der Waals surface area contributed by atoms with Gasteiger partial charge in [0.1, 0.15) is 10.6 Å². The van der Waals surface area contributed by atoms with Gasteiger partial charge in [-0.05, 0) is 42.1 Å². The molecule has 1 amide bonds. The first kappa shape index (κ1) is 21.1. The maximum absolute atomic E-state index is 12.5. The molecule has 0 spiro atoms. The SMILES string of the molecule is CCN(Cc1cccs1)C(=O)C=Cc1ccc(OC)c(S(=O)(=O)N(C)C)c1. The minimum atomic E-state index is -3.66. The zero-order valence-electron chi connectivity index (χ0n) is 15.9. The second kappa shape index (κ2) is 9.16. The van der Waals surface area contributed by atoms with Crippen LogP contribution in [-0.4, -0.2) is 51.3 Å². The zero-order valence-corrected chi connectivity index (χ0v) is 17.5. The van der Waals surface area contributed by atoms with Crippen LogP contribution in [0.2, 0.25) is 0 Å². The highest BCUT2D eigenvalue weighted by Gasteiger charge is 2.22. The van der Waals surface area contributed by atoms with Crippen molar-refractivity contribution in [2.24, 2.45) is 0 Å². The molecule has 146 valence electrons. The highest BCUT2D eigenvalue weighted by atomic mass is 32.2. The molecule has 0 N–H and O–H groups in total. The summed E-state index contributed by atoms with van der Waals surface area (Å²) >= 11 is 1.61. The van der Waals surface area contributed by atoms with Gasteiger partial charge in [0.2, 0.25) is 15.9 Å². The number of thiophene rings is 1. The lowest BCUT2D eigenvalue weighted by Gasteiger charge is -2.18. The minimum Gasteiger partial charge on any atom is -0.495 e. The Labute approximate surface area is 164 Å². The van der Waals surface area contributed by atoms with Crippen LogP contribution in [0.25, 0.3) is 6.08 Å². The van der Waals surface area contributed by atoms with Gasteiger partial charge in [-0.15, -0.1) is 11.3 Å². The first-order chi connectivity index (χ1) is 12.8. The molecule has 0 unspecified atom stereocenters. The third kappa shape index (κ3) is 5.18. The highest BCUT2D eigenvalue weighted by Crippen LogP contribution is 2.27. The molecule has 0 fully saturated rings. The van der Waals surface area contributed by atoms with Crippen LogP contribution in [0.3, 0.4) is 0 Å². The number of carbonyl (C=O) groups excluding carboxylic acids is 1. The first-order valence-corrected chi connectivity index (χ1v) is 10.7. The summed E-state index contributed by atoms with van der Waals surface area (Å²) in [6, 6.07) is 8.76. The van der Waals surface area contributed by atoms with Crippen LogP contribution < -0.4 is 4.74 Å². The Morgan fingerprint density at radius 2 is 2.00 bits per heavy atom. The Morgan fingerprint density at radius 1 is 1.26 bits per heavy atom. The fourth-order valence-electron chi connectivity index (χ4n) is 2.40. The van der Waals surface area contributed by atoms with Crippen molar-refractivity contribution in [1.29, 1.82) is 0 Å². The number of benzene rings is 1. The van der Waals surface area contributed by atoms with E-state index in [0.29, 0.717) is 18.7 Å². The van der Waals surface area contributed by atoms with Gasteiger partial charge in [-0.3, -0.25) is 4.79 Å². The number of ether oxygens (including phenoxy) is 1. The molecule has 1 aromatic heterocycles. The van der Waals surface area contributed by atoms with Gasteiger partial charge in [-0.2, -0.15) is 0 Å². The number of nitrogens with zero attached hydrogens (tertiary/aromatic N) is 2. The summed E-state index contributed by atoms with van der Waals surface area (Å²) in [5.41, 5.74) is 0.608. The second-order valence-electron chi connectivity index (χ2n) is 5.96. The summed E-state index contributed by atoms with van der Waals surface area (Å²) < 4.78 is 31.3. The van der Waals surface area contributed by atoms with Crippen LogP contribution in [0.1, 0.15) is 17.4 Å². The second-order valence-corrected chi connectivity index (χ2v) is 9.12. The Hall–Kier alpha value is -2.16. The molecule has 2 aromatic rings. The maximum atomic E-state index is 12.5. The standard InChI is InChI=1S/C19H24N2O4S2/c1-5-21(14-16-7-6-12-26-16)19(22)11-9-15-8-10-17(25-4)18(13-15)27(23,24)20(2)3/h6-13H,5,14H2,1-4H3. The molecule has 1 heterocycles. The molecule has 27 heavy (non-hydrogen) atoms. The molecule has 0 saturated heterocycles. The lowest BCUT2D eigenvalue weighted by atomic mass is 10.2. The van der Waals surface area contributed by atoms with Gasteiger partial charge in [0.15, 0.2) is 0 Å². The van der Waals surface area contributed by atoms with Gasteiger partial charge in [-0.1, -0.05) is 12.1 Å². The van der Waals surface area contributed by atoms with E-state index in [1.807, 2.05) is 24.4 Å². The summed E-state index contributed by atoms with van der Waals surface area (Å²) in [4.78, 5) is 15.4. The van der Waals surface area contributed by atoms with Gasteiger partial charge in [0, 0.05) is 31.6 Å². The molecule has 0 aliphatic rings. The van der Waals surface area contributed by atoms with Crippen LogP contribution >= 0.6 is 11.3 Å². The van der Waals surface area contributed by atoms with Gasteiger partial charge in [0.25, 0.3) is 0 Å². The van der Waals surface area contributed by atoms with Crippen LogP contribution in [0.5, 0.6) is 5.75 Å². The largest absolute Gasteiger partial charge is 0.495 e. The van der Waals surface area contributed by atoms with Crippen molar-refractivity contribution in [3.05, 3.63) is 52.2 Å². The molecule has 0 saturated carbocycles. The Bertz CT molecular complexity index is 904. The third-order valence-electron chi connectivity index (χ3n) is 3.98. The van der Waals surface area contributed by atoms with E-state index in [9.17, 15) is 13.2 Å². The Morgan fingerprint density at radius 3 is 2.56 bits per heavy atom. The molecule has 0 radical (unpaired) electrons. The van der Waals surface area contributed by atoms with E-state index in [2.05, 4.69) is 0 Å². The predicted octanol–water partition coefficient (Wildman–Crippen LogP) is 3.07. The van der Waals surface area contributed by atoms with E-state index in [4.69, 9.17) is 4.74 Å². The van der Waals surface area contributed by atoms with Crippen LogP contribution in [0.4, 0.5) is 0 Å². The molecule has 8 heteroatoms. The van der Waals surface area contributed by atoms with E-state index in [0.717, 1.165) is 9.18 Å². The van der Waals surface area contributed by atoms with Gasteiger partial charge in [-0.25, -0.2) is 12.7 Å². The van der Waals surface area contributed by atoms with Crippen molar-refractivity contribution >= 4 is 33.3 Å². The lowest BCUT2D eigenvalue weighted by molar-refractivity contribution is -0.126. The average molecular weight is 409 g/mol. The molecule has 6 nitrogen and oxygen atoms in total. The number of likely N-dealkylation sites (N-methyl/N-ethyl adjacent to an activating group) is 1. The fourth-order valence-corrected chi connectivity index (χ4v) is 4.21. The molecule has 0 bridgehead atoms. The number of rotatable bonds is 8. The summed E-state index contributed by atoms with van der Waals surface area (Å²) in [5.74, 6) is 0.138. The van der Waals surface area contributed by atoms with Crippen LogP contribution in [-0.2, 0) is 21.4 Å². The van der Waals surface area contributed by atoms with E-state index >= 15 is 0 Å². The normalized spacial score (nSPS) is 11.9. The van der Waals surface area contributed by atoms with Crippen molar-refractivity contribution in [3.63, 3.8) is 0 Å². The van der Waals surface area contributed by atoms with Crippen LogP contribution in [0, 0.1) is 0 Å². The number of carbonyl (C=O) groups is 1. The maximum Gasteiger partial charge on any atom is 0.246 e. The van der Waals surface area contributed by atoms with E-state index in [1.54, 1.807) is 34.4 Å². The fraction of sp³-hybridized carbons (Fsp3) is 0.316. The van der Waals surface area contributed by atoms with Crippen LogP contribution in [0.15, 0.2) is 46.7 Å². The number of sulfonamides is 1. The Balaban J connectivity index is 2.24. The van der Waals surface area contributed by atoms with Gasteiger partial charge in [0.05, 0.1) is 13.7 Å². The number of amides is 1. The van der Waals surface area contributed by atoms with Crippen molar-refractivity contribution in [3.8, 4) is 5.75 Å². The lowest BCUT2D eigenvalue weighted by Crippen LogP contribution is -2.28. The van der Waals surface area contributed by atoms with Crippen molar-refractivity contribution in [2.45, 2.75) is 18.4 Å². The monoisotopic (exact) mass is 408 g/mol. The number of hydrogen-bond acceptors (Lipinski definition) is 5. The molecular weight excluding hydrogens is 384 g/mol. The highest BCUT2D eigenvalue weighted by molar-refractivity contribution is 7.89. The summed E-state index contributed by atoms with van der Waals surface area (Å²) in [6.45, 7) is 3.07. The van der Waals surface area contributed by atoms with E-state index in [1.165, 1.54) is 33.3 Å². The molecule has 2 rings (SSSR count). The zero-order chi connectivity index (χ0) is 20.0. The molecule has 0 aliphatic carbocycles. The van der Waals surface area contributed by atoms with E-state index in [-0.39, 0.29) is 16.6 Å². The first-order valence-electron chi connectivity index (χ1n) is 8.39. The summed E-state index contributed by atoms with van der Waals surface area (Å²) in [6.07, 6.45) is 3.08. The third-order valence-corrected chi connectivity index (χ3v) is 6.68. The summed E-state index contributed by atoms with van der Waals surface area (Å²) in [5, 5.41) is 1.98. The molecular formula is C19H24N2O4S2.